The molecule has 3 heterocycles. The molecule has 4 rings (SSSR count). The summed E-state index contributed by atoms with van der Waals surface area (Å²) in [5, 5.41) is 12.5. The number of benzene rings is 1. The number of aromatic nitrogens is 5. The van der Waals surface area contributed by atoms with E-state index in [1.807, 2.05) is 0 Å². The Morgan fingerprint density at radius 3 is 3.04 bits per heavy atom. The molecule has 1 atom stereocenters. The Bertz CT molecular complexity index is 921. The molecule has 2 aromatic heterocycles. The summed E-state index contributed by atoms with van der Waals surface area (Å²) in [6.07, 6.45) is 2.57. The summed E-state index contributed by atoms with van der Waals surface area (Å²) in [5.74, 6) is 0.857. The van der Waals surface area contributed by atoms with E-state index in [1.54, 1.807) is 47.0 Å². The number of likely N-dealkylation sites (tertiary alicyclic amines) is 1. The van der Waals surface area contributed by atoms with Crippen LogP contribution in [-0.4, -0.2) is 49.0 Å². The molecule has 9 heteroatoms. The van der Waals surface area contributed by atoms with E-state index in [-0.39, 0.29) is 11.9 Å². The first-order valence-corrected chi connectivity index (χ1v) is 8.25. The van der Waals surface area contributed by atoms with Crippen molar-refractivity contribution < 1.29 is 9.32 Å². The number of rotatable bonds is 3. The molecule has 0 bridgehead atoms. The highest BCUT2D eigenvalue weighted by Crippen LogP contribution is 2.24. The number of halogens is 1. The van der Waals surface area contributed by atoms with E-state index in [9.17, 15) is 4.79 Å². The van der Waals surface area contributed by atoms with Crippen LogP contribution >= 0.6 is 11.6 Å². The van der Waals surface area contributed by atoms with Gasteiger partial charge in [0.1, 0.15) is 0 Å². The first kappa shape index (κ1) is 15.8. The van der Waals surface area contributed by atoms with Crippen molar-refractivity contribution in [2.24, 2.45) is 0 Å². The molecule has 0 N–H and O–H groups in total. The fourth-order valence-corrected chi connectivity index (χ4v) is 3.09. The van der Waals surface area contributed by atoms with Crippen LogP contribution in [0.2, 0.25) is 5.02 Å². The largest absolute Gasteiger partial charge is 0.336 e. The van der Waals surface area contributed by atoms with Crippen LogP contribution in [0.15, 0.2) is 35.0 Å². The molecular weight excluding hydrogens is 344 g/mol. The van der Waals surface area contributed by atoms with Gasteiger partial charge in [0.15, 0.2) is 11.5 Å². The number of carbonyl (C=O) groups excluding carboxylic acids is 1. The highest BCUT2D eigenvalue weighted by atomic mass is 35.5. The van der Waals surface area contributed by atoms with Crippen molar-refractivity contribution in [2.75, 3.05) is 13.1 Å². The molecule has 1 fully saturated rings. The molecule has 1 amide bonds. The van der Waals surface area contributed by atoms with Gasteiger partial charge in [-0.05, 0) is 31.5 Å². The summed E-state index contributed by atoms with van der Waals surface area (Å²) < 4.78 is 6.85. The molecule has 128 valence electrons. The van der Waals surface area contributed by atoms with Crippen molar-refractivity contribution in [3.8, 4) is 11.6 Å². The number of hydrogen-bond acceptors (Lipinski definition) is 6. The normalized spacial score (nSPS) is 17.2. The van der Waals surface area contributed by atoms with E-state index in [0.29, 0.717) is 41.1 Å². The molecule has 1 saturated heterocycles. The maximum absolute atomic E-state index is 12.6. The number of amides is 1. The third-order valence-electron chi connectivity index (χ3n) is 4.15. The lowest BCUT2D eigenvalue weighted by atomic mass is 10.2. The lowest BCUT2D eigenvalue weighted by Crippen LogP contribution is -2.29. The average molecular weight is 359 g/mol. The van der Waals surface area contributed by atoms with Crippen LogP contribution in [0.4, 0.5) is 0 Å². The van der Waals surface area contributed by atoms with Gasteiger partial charge in [0.25, 0.3) is 11.8 Å². The van der Waals surface area contributed by atoms with Crippen molar-refractivity contribution in [3.05, 3.63) is 46.9 Å². The van der Waals surface area contributed by atoms with Gasteiger partial charge in [0.05, 0.1) is 12.2 Å². The molecule has 1 aliphatic heterocycles. The predicted octanol–water partition coefficient (Wildman–Crippen LogP) is 2.38. The van der Waals surface area contributed by atoms with Crippen LogP contribution in [0.1, 0.15) is 28.6 Å². The molecule has 3 aromatic rings. The van der Waals surface area contributed by atoms with Gasteiger partial charge in [-0.1, -0.05) is 28.0 Å². The summed E-state index contributed by atoms with van der Waals surface area (Å²) in [6.45, 7) is 2.97. The van der Waals surface area contributed by atoms with Crippen molar-refractivity contribution in [3.63, 3.8) is 0 Å². The monoisotopic (exact) mass is 358 g/mol. The Hall–Kier alpha value is -2.74. The fourth-order valence-electron chi connectivity index (χ4n) is 2.90. The molecule has 8 nitrogen and oxygen atoms in total. The van der Waals surface area contributed by atoms with E-state index in [0.717, 1.165) is 6.42 Å². The highest BCUT2D eigenvalue weighted by molar-refractivity contribution is 6.30. The van der Waals surface area contributed by atoms with Gasteiger partial charge in [0.2, 0.25) is 0 Å². The molecular formula is C16H15ClN6O2. The molecule has 0 aliphatic carbocycles. The van der Waals surface area contributed by atoms with Gasteiger partial charge in [-0.2, -0.15) is 4.98 Å². The Morgan fingerprint density at radius 2 is 2.28 bits per heavy atom. The minimum absolute atomic E-state index is 0.0298. The number of carbonyl (C=O) groups is 1. The van der Waals surface area contributed by atoms with Gasteiger partial charge in [0, 0.05) is 23.7 Å². The second kappa shape index (κ2) is 6.29. The Balaban J connectivity index is 1.47. The van der Waals surface area contributed by atoms with Crippen molar-refractivity contribution in [2.45, 2.75) is 19.4 Å². The Labute approximate surface area is 148 Å². The number of nitrogens with zero attached hydrogens (tertiary/aromatic N) is 6. The molecule has 0 radical (unpaired) electrons. The lowest BCUT2D eigenvalue weighted by molar-refractivity contribution is 0.0787. The zero-order valence-electron chi connectivity index (χ0n) is 13.5. The van der Waals surface area contributed by atoms with Gasteiger partial charge in [-0.15, -0.1) is 5.10 Å². The van der Waals surface area contributed by atoms with Crippen molar-refractivity contribution in [1.82, 2.24) is 30.0 Å². The number of aryl methyl sites for hydroxylation is 1. The molecule has 1 aliphatic rings. The zero-order chi connectivity index (χ0) is 17.4. The van der Waals surface area contributed by atoms with Crippen LogP contribution in [0.5, 0.6) is 0 Å². The highest BCUT2D eigenvalue weighted by Gasteiger charge is 2.29. The summed E-state index contributed by atoms with van der Waals surface area (Å²) in [7, 11) is 0. The Morgan fingerprint density at radius 1 is 1.40 bits per heavy atom. The van der Waals surface area contributed by atoms with Crippen molar-refractivity contribution in [1.29, 1.82) is 0 Å². The maximum atomic E-state index is 12.6. The topological polar surface area (TPSA) is 89.9 Å². The minimum atomic E-state index is -0.0298. The molecule has 0 unspecified atom stereocenters. The lowest BCUT2D eigenvalue weighted by Gasteiger charge is -2.16. The van der Waals surface area contributed by atoms with Crippen LogP contribution in [0.25, 0.3) is 11.6 Å². The summed E-state index contributed by atoms with van der Waals surface area (Å²) in [4.78, 5) is 18.5. The predicted molar refractivity (Wildman–Crippen MR) is 89.1 cm³/mol. The van der Waals surface area contributed by atoms with Crippen LogP contribution in [-0.2, 0) is 0 Å². The SMILES string of the molecule is Cc1noc(-c2cn([C@@H]3CCN(C(=O)c4cccc(Cl)c4)C3)nn2)n1. The fraction of sp³-hybridized carbons (Fsp3) is 0.312. The van der Waals surface area contributed by atoms with E-state index in [1.165, 1.54) is 0 Å². The number of hydrogen-bond donors (Lipinski definition) is 0. The quantitative estimate of drug-likeness (QED) is 0.714. The first-order chi connectivity index (χ1) is 12.1. The smallest absolute Gasteiger partial charge is 0.280 e. The van der Waals surface area contributed by atoms with Crippen LogP contribution in [0.3, 0.4) is 0 Å². The molecule has 0 saturated carbocycles. The van der Waals surface area contributed by atoms with Gasteiger partial charge in [-0.3, -0.25) is 4.79 Å². The minimum Gasteiger partial charge on any atom is -0.336 e. The van der Waals surface area contributed by atoms with Crippen LogP contribution < -0.4 is 0 Å². The standard InChI is InChI=1S/C16H15ClN6O2/c1-10-18-15(25-20-10)14-9-23(21-19-14)13-5-6-22(8-13)16(24)11-3-2-4-12(17)7-11/h2-4,7,9,13H,5-6,8H2,1H3/t13-/m1/s1. The van der Waals surface area contributed by atoms with E-state index < -0.39 is 0 Å². The van der Waals surface area contributed by atoms with Gasteiger partial charge < -0.3 is 9.42 Å². The molecule has 25 heavy (non-hydrogen) atoms. The molecule has 0 spiro atoms. The summed E-state index contributed by atoms with van der Waals surface area (Å²) in [5.41, 5.74) is 1.12. The zero-order valence-corrected chi connectivity index (χ0v) is 14.2. The molecule has 1 aromatic carbocycles. The van der Waals surface area contributed by atoms with Gasteiger partial charge >= 0.3 is 0 Å². The van der Waals surface area contributed by atoms with E-state index in [4.69, 9.17) is 16.1 Å². The van der Waals surface area contributed by atoms with E-state index in [2.05, 4.69) is 20.5 Å². The van der Waals surface area contributed by atoms with Crippen LogP contribution in [0, 0.1) is 6.92 Å². The second-order valence-corrected chi connectivity index (χ2v) is 6.37. The van der Waals surface area contributed by atoms with E-state index >= 15 is 0 Å². The first-order valence-electron chi connectivity index (χ1n) is 7.87. The maximum Gasteiger partial charge on any atom is 0.280 e. The summed E-state index contributed by atoms with van der Waals surface area (Å²) >= 11 is 5.97. The second-order valence-electron chi connectivity index (χ2n) is 5.93. The third kappa shape index (κ3) is 3.12. The van der Waals surface area contributed by atoms with Gasteiger partial charge in [-0.25, -0.2) is 4.68 Å². The third-order valence-corrected chi connectivity index (χ3v) is 4.39. The average Bonchev–Trinajstić information content (AvgIpc) is 3.33. The Kier molecular flexibility index (Phi) is 3.96. The summed E-state index contributed by atoms with van der Waals surface area (Å²) in [6, 6.07) is 7.05. The van der Waals surface area contributed by atoms with Crippen molar-refractivity contribution >= 4 is 17.5 Å².